The molecule has 12 heteroatoms. The monoisotopic (exact) mass is 491 g/mol. The van der Waals surface area contributed by atoms with Gasteiger partial charge in [-0.05, 0) is 48.5 Å². The fourth-order valence-corrected chi connectivity index (χ4v) is 4.06. The molecular weight excluding hydrogens is 474 g/mol. The summed E-state index contributed by atoms with van der Waals surface area (Å²) in [6, 6.07) is 13.7. The molecule has 0 atom stereocenters. The van der Waals surface area contributed by atoms with Gasteiger partial charge in [0.1, 0.15) is 16.5 Å². The van der Waals surface area contributed by atoms with Crippen molar-refractivity contribution in [2.24, 2.45) is 0 Å². The molecule has 10 nitrogen and oxygen atoms in total. The Balaban J connectivity index is 1.76. The number of amides is 1. The number of nitro benzene ring substituents is 1. The van der Waals surface area contributed by atoms with E-state index in [0.29, 0.717) is 11.4 Å². The number of carbonyl (C=O) groups is 1. The lowest BCUT2D eigenvalue weighted by atomic mass is 10.2. The second-order valence-electron chi connectivity index (χ2n) is 6.57. The van der Waals surface area contributed by atoms with Crippen LogP contribution in [0.2, 0.25) is 5.02 Å². The van der Waals surface area contributed by atoms with Crippen LogP contribution in [-0.2, 0) is 10.0 Å². The first-order chi connectivity index (χ1) is 15.6. The molecule has 3 rings (SSSR count). The molecule has 0 heterocycles. The molecule has 2 N–H and O–H groups in total. The van der Waals surface area contributed by atoms with Crippen molar-refractivity contribution in [1.82, 2.24) is 0 Å². The number of nitrogens with one attached hydrogen (secondary N) is 2. The van der Waals surface area contributed by atoms with Crippen LogP contribution in [0.15, 0.2) is 65.6 Å². The molecule has 1 amide bonds. The Bertz CT molecular complexity index is 1310. The number of ether oxygens (including phenoxy) is 2. The van der Waals surface area contributed by atoms with Gasteiger partial charge in [0.25, 0.3) is 21.6 Å². The van der Waals surface area contributed by atoms with Gasteiger partial charge < -0.3 is 14.8 Å². The summed E-state index contributed by atoms with van der Waals surface area (Å²) in [5.41, 5.74) is 0.139. The molecule has 0 unspecified atom stereocenters. The van der Waals surface area contributed by atoms with Gasteiger partial charge in [0, 0.05) is 23.4 Å². The number of hydrogen-bond donors (Lipinski definition) is 2. The zero-order valence-corrected chi connectivity index (χ0v) is 18.9. The molecule has 33 heavy (non-hydrogen) atoms. The maximum absolute atomic E-state index is 12.8. The summed E-state index contributed by atoms with van der Waals surface area (Å²) < 4.78 is 38.2. The van der Waals surface area contributed by atoms with Gasteiger partial charge in [0.05, 0.1) is 29.7 Å². The van der Waals surface area contributed by atoms with Crippen LogP contribution < -0.4 is 19.5 Å². The molecule has 0 fully saturated rings. The molecule has 0 aliphatic carbocycles. The van der Waals surface area contributed by atoms with E-state index in [9.17, 15) is 23.3 Å². The minimum absolute atomic E-state index is 0.0241. The standard InChI is InChI=1S/C21H18ClN3O7S/c1-31-15-6-10-18(20(12-15)32-2)24-33(29,30)16-7-4-14(5-8-16)23-21(26)13-3-9-17(22)19(11-13)25(27)28/h3-12,24H,1-2H3,(H,23,26). The van der Waals surface area contributed by atoms with Crippen LogP contribution in [0, 0.1) is 10.1 Å². The lowest BCUT2D eigenvalue weighted by Gasteiger charge is -2.13. The topological polar surface area (TPSA) is 137 Å². The van der Waals surface area contributed by atoms with Crippen molar-refractivity contribution < 1.29 is 27.6 Å². The van der Waals surface area contributed by atoms with E-state index in [0.717, 1.165) is 6.07 Å². The van der Waals surface area contributed by atoms with E-state index < -0.39 is 26.5 Å². The van der Waals surface area contributed by atoms with Crippen molar-refractivity contribution in [3.63, 3.8) is 0 Å². The number of nitro groups is 1. The summed E-state index contributed by atoms with van der Waals surface area (Å²) in [7, 11) is -1.07. The van der Waals surface area contributed by atoms with Crippen LogP contribution in [0.1, 0.15) is 10.4 Å². The number of carbonyl (C=O) groups excluding carboxylic acids is 1. The quantitative estimate of drug-likeness (QED) is 0.353. The van der Waals surface area contributed by atoms with E-state index in [4.69, 9.17) is 21.1 Å². The number of sulfonamides is 1. The van der Waals surface area contributed by atoms with Gasteiger partial charge in [-0.2, -0.15) is 0 Å². The smallest absolute Gasteiger partial charge is 0.288 e. The lowest BCUT2D eigenvalue weighted by Crippen LogP contribution is -2.15. The number of anilines is 2. The molecule has 0 radical (unpaired) electrons. The van der Waals surface area contributed by atoms with Gasteiger partial charge in [-0.3, -0.25) is 19.6 Å². The zero-order valence-electron chi connectivity index (χ0n) is 17.4. The Morgan fingerprint density at radius 1 is 1.00 bits per heavy atom. The average Bonchev–Trinajstić information content (AvgIpc) is 2.79. The van der Waals surface area contributed by atoms with Gasteiger partial charge in [0.2, 0.25) is 0 Å². The van der Waals surface area contributed by atoms with E-state index in [1.54, 1.807) is 6.07 Å². The lowest BCUT2D eigenvalue weighted by molar-refractivity contribution is -0.384. The number of methoxy groups -OCH3 is 2. The molecule has 3 aromatic rings. The fourth-order valence-electron chi connectivity index (χ4n) is 2.80. The zero-order chi connectivity index (χ0) is 24.2. The van der Waals surface area contributed by atoms with Crippen molar-refractivity contribution in [1.29, 1.82) is 0 Å². The minimum atomic E-state index is -3.96. The average molecular weight is 492 g/mol. The van der Waals surface area contributed by atoms with Crippen LogP contribution in [0.3, 0.4) is 0 Å². The van der Waals surface area contributed by atoms with Crippen molar-refractivity contribution in [3.8, 4) is 11.5 Å². The van der Waals surface area contributed by atoms with Crippen LogP contribution in [0.25, 0.3) is 0 Å². The summed E-state index contributed by atoms with van der Waals surface area (Å²) in [5.74, 6) is 0.159. The highest BCUT2D eigenvalue weighted by Gasteiger charge is 2.19. The van der Waals surface area contributed by atoms with Gasteiger partial charge in [-0.25, -0.2) is 8.42 Å². The molecule has 3 aromatic carbocycles. The van der Waals surface area contributed by atoms with Gasteiger partial charge in [0.15, 0.2) is 0 Å². The molecule has 0 aliphatic heterocycles. The third-order valence-electron chi connectivity index (χ3n) is 4.48. The number of rotatable bonds is 8. The molecule has 0 spiro atoms. The van der Waals surface area contributed by atoms with Crippen molar-refractivity contribution >= 4 is 44.6 Å². The summed E-state index contributed by atoms with van der Waals surface area (Å²) in [5, 5.41) is 13.5. The van der Waals surface area contributed by atoms with E-state index in [-0.39, 0.29) is 26.9 Å². The van der Waals surface area contributed by atoms with E-state index >= 15 is 0 Å². The first-order valence-corrected chi connectivity index (χ1v) is 11.1. The van der Waals surface area contributed by atoms with Gasteiger partial charge >= 0.3 is 0 Å². The maximum Gasteiger partial charge on any atom is 0.288 e. The fraction of sp³-hybridized carbons (Fsp3) is 0.0952. The minimum Gasteiger partial charge on any atom is -0.497 e. The normalized spacial score (nSPS) is 10.9. The molecule has 0 bridgehead atoms. The van der Waals surface area contributed by atoms with Crippen molar-refractivity contribution in [2.45, 2.75) is 4.90 Å². The number of halogens is 1. The molecule has 0 aromatic heterocycles. The van der Waals surface area contributed by atoms with Gasteiger partial charge in [-0.1, -0.05) is 11.6 Å². The van der Waals surface area contributed by atoms with Crippen LogP contribution in [0.4, 0.5) is 17.1 Å². The Hall–Kier alpha value is -3.83. The molecular formula is C21H18ClN3O7S. The molecule has 0 aliphatic rings. The van der Waals surface area contributed by atoms with E-state index in [1.165, 1.54) is 62.8 Å². The van der Waals surface area contributed by atoms with Crippen LogP contribution >= 0.6 is 11.6 Å². The van der Waals surface area contributed by atoms with E-state index in [2.05, 4.69) is 10.0 Å². The molecule has 0 saturated carbocycles. The van der Waals surface area contributed by atoms with Crippen LogP contribution in [0.5, 0.6) is 11.5 Å². The highest BCUT2D eigenvalue weighted by Crippen LogP contribution is 2.31. The largest absolute Gasteiger partial charge is 0.497 e. The van der Waals surface area contributed by atoms with Crippen molar-refractivity contribution in [3.05, 3.63) is 81.4 Å². The van der Waals surface area contributed by atoms with E-state index in [1.807, 2.05) is 0 Å². The third kappa shape index (κ3) is 5.51. The number of hydrogen-bond acceptors (Lipinski definition) is 7. The Labute approximate surface area is 194 Å². The Morgan fingerprint density at radius 2 is 1.70 bits per heavy atom. The highest BCUT2D eigenvalue weighted by molar-refractivity contribution is 7.92. The third-order valence-corrected chi connectivity index (χ3v) is 6.18. The highest BCUT2D eigenvalue weighted by atomic mass is 35.5. The summed E-state index contributed by atoms with van der Waals surface area (Å²) in [4.78, 5) is 22.7. The SMILES string of the molecule is COc1ccc(NS(=O)(=O)c2ccc(NC(=O)c3ccc(Cl)c([N+](=O)[O-])c3)cc2)c(OC)c1. The Kier molecular flexibility index (Phi) is 7.04. The second kappa shape index (κ2) is 9.76. The molecule has 0 saturated heterocycles. The molecule has 172 valence electrons. The second-order valence-corrected chi connectivity index (χ2v) is 8.66. The summed E-state index contributed by atoms with van der Waals surface area (Å²) in [6.07, 6.45) is 0. The maximum atomic E-state index is 12.8. The predicted octanol–water partition coefficient (Wildman–Crippen LogP) is 4.32. The summed E-state index contributed by atoms with van der Waals surface area (Å²) in [6.45, 7) is 0. The first-order valence-electron chi connectivity index (χ1n) is 9.25. The van der Waals surface area contributed by atoms with Crippen molar-refractivity contribution in [2.75, 3.05) is 24.3 Å². The summed E-state index contributed by atoms with van der Waals surface area (Å²) >= 11 is 5.76. The number of benzene rings is 3. The van der Waals surface area contributed by atoms with Gasteiger partial charge in [-0.15, -0.1) is 0 Å². The number of nitrogens with zero attached hydrogens (tertiary/aromatic N) is 1. The predicted molar refractivity (Wildman–Crippen MR) is 123 cm³/mol. The van der Waals surface area contributed by atoms with Crippen LogP contribution in [-0.4, -0.2) is 33.5 Å². The Morgan fingerprint density at radius 3 is 2.30 bits per heavy atom. The first kappa shape index (κ1) is 23.8.